The van der Waals surface area contributed by atoms with Crippen molar-refractivity contribution < 1.29 is 0 Å². The Hall–Kier alpha value is -1.88. The van der Waals surface area contributed by atoms with Crippen molar-refractivity contribution in [2.75, 3.05) is 18.4 Å². The second kappa shape index (κ2) is 5.18. The summed E-state index contributed by atoms with van der Waals surface area (Å²) in [5.41, 5.74) is 1.08. The van der Waals surface area contributed by atoms with E-state index in [1.165, 1.54) is 12.8 Å². The zero-order valence-electron chi connectivity index (χ0n) is 10.2. The molecule has 0 radical (unpaired) electrons. The monoisotopic (exact) mass is 243 g/mol. The van der Waals surface area contributed by atoms with E-state index in [2.05, 4.69) is 26.7 Å². The van der Waals surface area contributed by atoms with Gasteiger partial charge in [-0.2, -0.15) is 0 Å². The predicted octanol–water partition coefficient (Wildman–Crippen LogP) is 1.43. The molecule has 18 heavy (non-hydrogen) atoms. The number of nitrogens with one attached hydrogen (secondary N) is 2. The van der Waals surface area contributed by atoms with Gasteiger partial charge in [-0.3, -0.25) is 4.57 Å². The van der Waals surface area contributed by atoms with Crippen LogP contribution in [0, 0.1) is 0 Å². The number of pyridine rings is 1. The third-order valence-corrected chi connectivity index (χ3v) is 3.18. The number of imidazole rings is 1. The summed E-state index contributed by atoms with van der Waals surface area (Å²) in [6.07, 6.45) is 9.72. The van der Waals surface area contributed by atoms with E-state index in [4.69, 9.17) is 0 Å². The standard InChI is InChI=1S/C13H17N5/c1-2-11(8-14-5-1)17-12-3-4-13(16-9-12)18-7-6-15-10-18/h3-4,6-7,9-11,14,17H,1-2,5,8H2. The Morgan fingerprint density at radius 2 is 2.39 bits per heavy atom. The molecule has 1 aliphatic heterocycles. The summed E-state index contributed by atoms with van der Waals surface area (Å²) in [7, 11) is 0. The Morgan fingerprint density at radius 3 is 3.06 bits per heavy atom. The minimum absolute atomic E-state index is 0.514. The van der Waals surface area contributed by atoms with Gasteiger partial charge >= 0.3 is 0 Å². The topological polar surface area (TPSA) is 54.8 Å². The number of rotatable bonds is 3. The second-order valence-corrected chi connectivity index (χ2v) is 4.56. The minimum Gasteiger partial charge on any atom is -0.380 e. The molecular weight excluding hydrogens is 226 g/mol. The molecule has 0 amide bonds. The molecule has 5 nitrogen and oxygen atoms in total. The van der Waals surface area contributed by atoms with E-state index in [0.29, 0.717) is 6.04 Å². The lowest BCUT2D eigenvalue weighted by molar-refractivity contribution is 0.480. The van der Waals surface area contributed by atoms with E-state index in [9.17, 15) is 0 Å². The van der Waals surface area contributed by atoms with E-state index >= 15 is 0 Å². The van der Waals surface area contributed by atoms with E-state index in [1.54, 1.807) is 12.5 Å². The van der Waals surface area contributed by atoms with Crippen molar-refractivity contribution in [2.45, 2.75) is 18.9 Å². The van der Waals surface area contributed by atoms with Crippen LogP contribution in [0.5, 0.6) is 0 Å². The van der Waals surface area contributed by atoms with Crippen LogP contribution < -0.4 is 10.6 Å². The van der Waals surface area contributed by atoms with Crippen molar-refractivity contribution in [2.24, 2.45) is 0 Å². The molecule has 0 saturated carbocycles. The number of piperidine rings is 1. The first kappa shape index (κ1) is 11.2. The third-order valence-electron chi connectivity index (χ3n) is 3.18. The highest BCUT2D eigenvalue weighted by atomic mass is 15.1. The Bertz CT molecular complexity index is 471. The molecule has 2 N–H and O–H groups in total. The van der Waals surface area contributed by atoms with Gasteiger partial charge in [0.25, 0.3) is 0 Å². The maximum atomic E-state index is 4.43. The minimum atomic E-state index is 0.514. The number of aromatic nitrogens is 3. The van der Waals surface area contributed by atoms with Crippen LogP contribution in [0.4, 0.5) is 5.69 Å². The molecule has 3 heterocycles. The summed E-state index contributed by atoms with van der Waals surface area (Å²) < 4.78 is 1.89. The number of nitrogens with zero attached hydrogens (tertiary/aromatic N) is 3. The fourth-order valence-corrected chi connectivity index (χ4v) is 2.23. The van der Waals surface area contributed by atoms with Crippen molar-refractivity contribution in [1.82, 2.24) is 19.9 Å². The number of hydrogen-bond acceptors (Lipinski definition) is 4. The number of anilines is 1. The van der Waals surface area contributed by atoms with E-state index in [1.807, 2.05) is 23.0 Å². The summed E-state index contributed by atoms with van der Waals surface area (Å²) in [6.45, 7) is 2.17. The molecule has 3 rings (SSSR count). The quantitative estimate of drug-likeness (QED) is 0.856. The maximum absolute atomic E-state index is 4.43. The van der Waals surface area contributed by atoms with Crippen molar-refractivity contribution in [3.05, 3.63) is 37.1 Å². The average molecular weight is 243 g/mol. The molecule has 1 unspecified atom stereocenters. The summed E-state index contributed by atoms with van der Waals surface area (Å²) in [5.74, 6) is 0.889. The first-order valence-electron chi connectivity index (χ1n) is 6.33. The lowest BCUT2D eigenvalue weighted by atomic mass is 10.1. The van der Waals surface area contributed by atoms with Gasteiger partial charge in [-0.1, -0.05) is 0 Å². The molecule has 94 valence electrons. The van der Waals surface area contributed by atoms with Crippen molar-refractivity contribution in [3.63, 3.8) is 0 Å². The first-order chi connectivity index (χ1) is 8.92. The second-order valence-electron chi connectivity index (χ2n) is 4.56. The van der Waals surface area contributed by atoms with Gasteiger partial charge in [0.1, 0.15) is 12.1 Å². The Morgan fingerprint density at radius 1 is 1.39 bits per heavy atom. The molecule has 1 fully saturated rings. The summed E-state index contributed by atoms with van der Waals surface area (Å²) in [6, 6.07) is 4.58. The largest absolute Gasteiger partial charge is 0.380 e. The van der Waals surface area contributed by atoms with Crippen LogP contribution in [-0.4, -0.2) is 33.7 Å². The third kappa shape index (κ3) is 2.51. The molecule has 0 aliphatic carbocycles. The number of hydrogen-bond donors (Lipinski definition) is 2. The SMILES string of the molecule is c1cn(-c2ccc(NC3CCCNC3)cn2)cn1. The van der Waals surface area contributed by atoms with Crippen LogP contribution in [0.25, 0.3) is 5.82 Å². The maximum Gasteiger partial charge on any atom is 0.137 e. The molecule has 1 saturated heterocycles. The summed E-state index contributed by atoms with van der Waals surface area (Å²) >= 11 is 0. The zero-order chi connectivity index (χ0) is 12.2. The lowest BCUT2D eigenvalue weighted by Gasteiger charge is -2.24. The highest BCUT2D eigenvalue weighted by Crippen LogP contribution is 2.13. The highest BCUT2D eigenvalue weighted by molar-refractivity contribution is 5.44. The van der Waals surface area contributed by atoms with Gasteiger partial charge in [0, 0.05) is 25.0 Å². The van der Waals surface area contributed by atoms with Crippen molar-refractivity contribution in [1.29, 1.82) is 0 Å². The van der Waals surface area contributed by atoms with Crippen LogP contribution in [0.1, 0.15) is 12.8 Å². The van der Waals surface area contributed by atoms with E-state index in [0.717, 1.165) is 24.6 Å². The van der Waals surface area contributed by atoms with Crippen LogP contribution in [-0.2, 0) is 0 Å². The molecular formula is C13H17N5. The van der Waals surface area contributed by atoms with E-state index in [-0.39, 0.29) is 0 Å². The molecule has 2 aromatic heterocycles. The Balaban J connectivity index is 1.67. The van der Waals surface area contributed by atoms with Crippen LogP contribution in [0.15, 0.2) is 37.1 Å². The van der Waals surface area contributed by atoms with Crippen LogP contribution in [0.3, 0.4) is 0 Å². The van der Waals surface area contributed by atoms with Gasteiger partial charge in [-0.25, -0.2) is 9.97 Å². The highest BCUT2D eigenvalue weighted by Gasteiger charge is 2.12. The summed E-state index contributed by atoms with van der Waals surface area (Å²) in [5, 5.41) is 6.90. The molecule has 1 aliphatic rings. The summed E-state index contributed by atoms with van der Waals surface area (Å²) in [4.78, 5) is 8.44. The first-order valence-corrected chi connectivity index (χ1v) is 6.33. The van der Waals surface area contributed by atoms with Gasteiger partial charge in [-0.15, -0.1) is 0 Å². The predicted molar refractivity (Wildman–Crippen MR) is 70.9 cm³/mol. The molecule has 0 aromatic carbocycles. The smallest absolute Gasteiger partial charge is 0.137 e. The Kier molecular flexibility index (Phi) is 3.23. The molecule has 0 bridgehead atoms. The van der Waals surface area contributed by atoms with Gasteiger partial charge in [-0.05, 0) is 31.5 Å². The molecule has 2 aromatic rings. The van der Waals surface area contributed by atoms with Gasteiger partial charge in [0.05, 0.1) is 11.9 Å². The Labute approximate surface area is 106 Å². The van der Waals surface area contributed by atoms with Gasteiger partial charge in [0.15, 0.2) is 0 Å². The fraction of sp³-hybridized carbons (Fsp3) is 0.385. The van der Waals surface area contributed by atoms with Gasteiger partial charge < -0.3 is 10.6 Å². The van der Waals surface area contributed by atoms with Crippen LogP contribution in [0.2, 0.25) is 0 Å². The lowest BCUT2D eigenvalue weighted by Crippen LogP contribution is -2.38. The normalized spacial score (nSPS) is 19.7. The fourth-order valence-electron chi connectivity index (χ4n) is 2.23. The van der Waals surface area contributed by atoms with Crippen LogP contribution >= 0.6 is 0 Å². The van der Waals surface area contributed by atoms with Crippen molar-refractivity contribution >= 4 is 5.69 Å². The molecule has 0 spiro atoms. The van der Waals surface area contributed by atoms with Crippen molar-refractivity contribution in [3.8, 4) is 5.82 Å². The van der Waals surface area contributed by atoms with Gasteiger partial charge in [0.2, 0.25) is 0 Å². The van der Waals surface area contributed by atoms with E-state index < -0.39 is 0 Å². The molecule has 1 atom stereocenters. The zero-order valence-corrected chi connectivity index (χ0v) is 10.2. The average Bonchev–Trinajstić information content (AvgIpc) is 2.95. The molecule has 5 heteroatoms.